The summed E-state index contributed by atoms with van der Waals surface area (Å²) < 4.78 is 57.1. The summed E-state index contributed by atoms with van der Waals surface area (Å²) in [6.07, 6.45) is -1.90. The number of allylic oxidation sites excluding steroid dienone is 1. The molecular weight excluding hydrogens is 558 g/mol. The van der Waals surface area contributed by atoms with Crippen molar-refractivity contribution in [3.63, 3.8) is 0 Å². The zero-order valence-corrected chi connectivity index (χ0v) is 23.1. The number of aryl methyl sites for hydroxylation is 1. The second-order valence-electron chi connectivity index (χ2n) is 10.6. The van der Waals surface area contributed by atoms with Crippen molar-refractivity contribution < 1.29 is 32.2 Å². The van der Waals surface area contributed by atoms with Gasteiger partial charge in [-0.1, -0.05) is 48.0 Å². The molecule has 216 valence electrons. The maximum atomic E-state index is 13.4. The summed E-state index contributed by atoms with van der Waals surface area (Å²) in [6.45, 7) is 2.34. The number of rotatable bonds is 9. The van der Waals surface area contributed by atoms with Crippen LogP contribution >= 0.6 is 11.6 Å². The van der Waals surface area contributed by atoms with Crippen LogP contribution in [0.15, 0.2) is 60.7 Å². The van der Waals surface area contributed by atoms with E-state index in [0.29, 0.717) is 42.7 Å². The maximum Gasteiger partial charge on any atom is 0.573 e. The van der Waals surface area contributed by atoms with E-state index >= 15 is 0 Å². The summed E-state index contributed by atoms with van der Waals surface area (Å²) in [5.41, 5.74) is 5.17. The van der Waals surface area contributed by atoms with E-state index in [2.05, 4.69) is 9.64 Å². The number of ether oxygens (including phenoxy) is 1. The van der Waals surface area contributed by atoms with E-state index in [1.165, 1.54) is 18.2 Å². The van der Waals surface area contributed by atoms with Crippen molar-refractivity contribution in [3.8, 4) is 5.75 Å². The van der Waals surface area contributed by atoms with Crippen LogP contribution < -0.4 is 4.74 Å². The highest BCUT2D eigenvalue weighted by atomic mass is 35.5. The van der Waals surface area contributed by atoms with Crippen molar-refractivity contribution >= 4 is 28.7 Å². The Labute approximate surface area is 241 Å². The van der Waals surface area contributed by atoms with E-state index in [9.17, 15) is 27.5 Å². The molecule has 2 aliphatic rings. The molecule has 0 unspecified atom stereocenters. The number of benzene rings is 3. The highest BCUT2D eigenvalue weighted by molar-refractivity contribution is 6.33. The number of hydrogen-bond donors (Lipinski definition) is 1. The van der Waals surface area contributed by atoms with Crippen molar-refractivity contribution in [2.75, 3.05) is 26.3 Å². The van der Waals surface area contributed by atoms with E-state index < -0.39 is 12.3 Å². The Bertz CT molecular complexity index is 1450. The maximum absolute atomic E-state index is 13.4. The number of hydrogen-bond acceptors (Lipinski definition) is 3. The van der Waals surface area contributed by atoms with Crippen LogP contribution in [0, 0.1) is 5.92 Å². The van der Waals surface area contributed by atoms with Crippen LogP contribution in [0.2, 0.25) is 5.02 Å². The van der Waals surface area contributed by atoms with E-state index in [4.69, 9.17) is 11.6 Å². The Hall–Kier alpha value is -3.36. The lowest BCUT2D eigenvalue weighted by Crippen LogP contribution is -2.47. The van der Waals surface area contributed by atoms with Crippen LogP contribution in [0.5, 0.6) is 5.75 Å². The third-order valence-corrected chi connectivity index (χ3v) is 8.02. The number of carboxylic acid groups (broad SMARTS) is 1. The molecule has 1 fully saturated rings. The van der Waals surface area contributed by atoms with Gasteiger partial charge in [0.15, 0.2) is 0 Å². The number of halogens is 5. The molecule has 1 aliphatic heterocycles. The van der Waals surface area contributed by atoms with E-state index in [1.807, 2.05) is 24.3 Å². The first kappa shape index (κ1) is 29.1. The minimum Gasteiger partial charge on any atom is -0.478 e. The Morgan fingerprint density at radius 2 is 1.80 bits per heavy atom. The van der Waals surface area contributed by atoms with Gasteiger partial charge in [0.05, 0.1) is 17.3 Å². The molecule has 5 rings (SSSR count). The second-order valence-corrected chi connectivity index (χ2v) is 11.0. The van der Waals surface area contributed by atoms with Gasteiger partial charge < -0.3 is 14.7 Å². The molecule has 1 heterocycles. The Morgan fingerprint density at radius 1 is 1.05 bits per heavy atom. The fourth-order valence-corrected chi connectivity index (χ4v) is 6.20. The molecule has 0 atom stereocenters. The SMILES string of the molecule is O=C(O)c1ccc2c(c1)CCCC(c1c(Cl)cccc1OC(F)(F)F)=C2c1ccc(CC2CN(CCCF)C2)cc1. The summed E-state index contributed by atoms with van der Waals surface area (Å²) >= 11 is 6.56. The van der Waals surface area contributed by atoms with Crippen molar-refractivity contribution in [2.24, 2.45) is 5.92 Å². The van der Waals surface area contributed by atoms with E-state index in [0.717, 1.165) is 48.3 Å². The van der Waals surface area contributed by atoms with Crippen LogP contribution in [-0.4, -0.2) is 48.6 Å². The average molecular weight is 588 g/mol. The van der Waals surface area contributed by atoms with Gasteiger partial charge in [0.2, 0.25) is 0 Å². The molecule has 3 aromatic carbocycles. The minimum atomic E-state index is -4.90. The number of aromatic carboxylic acids is 1. The van der Waals surface area contributed by atoms with Crippen LogP contribution in [-0.2, 0) is 12.8 Å². The molecule has 4 nitrogen and oxygen atoms in total. The van der Waals surface area contributed by atoms with Gasteiger partial charge in [0.1, 0.15) is 5.75 Å². The van der Waals surface area contributed by atoms with Gasteiger partial charge in [0.25, 0.3) is 0 Å². The lowest BCUT2D eigenvalue weighted by Gasteiger charge is -2.39. The van der Waals surface area contributed by atoms with Crippen molar-refractivity contribution in [3.05, 3.63) is 99.1 Å². The number of nitrogens with zero attached hydrogens (tertiary/aromatic N) is 1. The van der Waals surface area contributed by atoms with Crippen molar-refractivity contribution in [1.82, 2.24) is 4.90 Å². The molecule has 1 N–H and O–H groups in total. The first-order chi connectivity index (χ1) is 19.6. The summed E-state index contributed by atoms with van der Waals surface area (Å²) in [6, 6.07) is 17.1. The molecule has 0 saturated carbocycles. The van der Waals surface area contributed by atoms with Gasteiger partial charge in [-0.2, -0.15) is 0 Å². The highest BCUT2D eigenvalue weighted by Crippen LogP contribution is 2.46. The van der Waals surface area contributed by atoms with Crippen molar-refractivity contribution in [1.29, 1.82) is 0 Å². The predicted molar refractivity (Wildman–Crippen MR) is 151 cm³/mol. The number of alkyl halides is 4. The molecule has 0 bridgehead atoms. The Morgan fingerprint density at radius 3 is 2.49 bits per heavy atom. The summed E-state index contributed by atoms with van der Waals surface area (Å²) in [5.74, 6) is -0.922. The third-order valence-electron chi connectivity index (χ3n) is 7.71. The van der Waals surface area contributed by atoms with Gasteiger partial charge in [-0.15, -0.1) is 13.2 Å². The molecule has 0 aromatic heterocycles. The summed E-state index contributed by atoms with van der Waals surface area (Å²) in [4.78, 5) is 13.9. The molecule has 3 aromatic rings. The van der Waals surface area contributed by atoms with Gasteiger partial charge in [-0.25, -0.2) is 4.79 Å². The first-order valence-corrected chi connectivity index (χ1v) is 14.0. The quantitative estimate of drug-likeness (QED) is 0.257. The van der Waals surface area contributed by atoms with Crippen molar-refractivity contribution in [2.45, 2.75) is 38.5 Å². The normalized spacial score (nSPS) is 16.2. The highest BCUT2D eigenvalue weighted by Gasteiger charge is 2.34. The number of carbonyl (C=O) groups is 1. The van der Waals surface area contributed by atoms with Gasteiger partial charge >= 0.3 is 12.3 Å². The van der Waals surface area contributed by atoms with Crippen LogP contribution in [0.1, 0.15) is 57.4 Å². The smallest absolute Gasteiger partial charge is 0.478 e. The van der Waals surface area contributed by atoms with Crippen LogP contribution in [0.25, 0.3) is 11.1 Å². The number of likely N-dealkylation sites (tertiary alicyclic amines) is 1. The summed E-state index contributed by atoms with van der Waals surface area (Å²) in [5, 5.41) is 9.71. The first-order valence-electron chi connectivity index (χ1n) is 13.6. The van der Waals surface area contributed by atoms with Crippen LogP contribution in [0.4, 0.5) is 17.6 Å². The van der Waals surface area contributed by atoms with E-state index in [1.54, 1.807) is 18.2 Å². The lowest BCUT2D eigenvalue weighted by atomic mass is 9.86. The monoisotopic (exact) mass is 587 g/mol. The largest absolute Gasteiger partial charge is 0.573 e. The van der Waals surface area contributed by atoms with E-state index in [-0.39, 0.29) is 28.6 Å². The number of fused-ring (bicyclic) bond motifs is 1. The van der Waals surface area contributed by atoms with Gasteiger partial charge in [0, 0.05) is 25.2 Å². The standard InChI is InChI=1S/C32H30ClF4NO3/c33-27-6-2-7-28(41-32(35,36)37)30(27)26-5-1-4-23-17-24(31(39)40)12-13-25(23)29(26)22-10-8-20(9-11-22)16-21-18-38(19-21)15-3-14-34/h2,6-13,17,21H,1,3-5,14-16,18-19H2,(H,39,40). The molecule has 0 radical (unpaired) electrons. The molecule has 1 saturated heterocycles. The van der Waals surface area contributed by atoms with Gasteiger partial charge in [-0.3, -0.25) is 4.39 Å². The van der Waals surface area contributed by atoms with Gasteiger partial charge in [-0.05, 0) is 95.7 Å². The van der Waals surface area contributed by atoms with Crippen LogP contribution in [0.3, 0.4) is 0 Å². The molecule has 0 spiro atoms. The fraction of sp³-hybridized carbons (Fsp3) is 0.344. The molecule has 0 amide bonds. The third kappa shape index (κ3) is 6.76. The number of carboxylic acids is 1. The topological polar surface area (TPSA) is 49.8 Å². The minimum absolute atomic E-state index is 0.142. The molecule has 1 aliphatic carbocycles. The summed E-state index contributed by atoms with van der Waals surface area (Å²) in [7, 11) is 0. The fourth-order valence-electron chi connectivity index (χ4n) is 5.92. The zero-order chi connectivity index (χ0) is 29.1. The Kier molecular flexibility index (Phi) is 8.71. The zero-order valence-electron chi connectivity index (χ0n) is 22.3. The second kappa shape index (κ2) is 12.2. The molecular formula is C32H30ClF4NO3. The predicted octanol–water partition coefficient (Wildman–Crippen LogP) is 8.07. The molecule has 9 heteroatoms. The lowest BCUT2D eigenvalue weighted by molar-refractivity contribution is -0.274. The Balaban J connectivity index is 1.57. The average Bonchev–Trinajstić information content (AvgIpc) is 3.08. The molecule has 41 heavy (non-hydrogen) atoms.